The topological polar surface area (TPSA) is 12.0 Å². The molecule has 0 aromatic rings. The van der Waals surface area contributed by atoms with Crippen molar-refractivity contribution in [2.75, 3.05) is 6.54 Å². The average Bonchev–Trinajstić information content (AvgIpc) is 2.15. The van der Waals surface area contributed by atoms with Gasteiger partial charge in [-0.3, -0.25) is 0 Å². The normalized spacial score (nSPS) is 39.8. The molecule has 1 nitrogen and oxygen atoms in total. The van der Waals surface area contributed by atoms with Gasteiger partial charge >= 0.3 is 0 Å². The molecule has 0 amide bonds. The highest BCUT2D eigenvalue weighted by Crippen LogP contribution is 2.46. The van der Waals surface area contributed by atoms with E-state index in [9.17, 15) is 0 Å². The molecular formula is C15H29N. The van der Waals surface area contributed by atoms with Crippen molar-refractivity contribution in [1.29, 1.82) is 0 Å². The van der Waals surface area contributed by atoms with E-state index in [0.29, 0.717) is 6.04 Å². The van der Waals surface area contributed by atoms with Crippen LogP contribution in [-0.4, -0.2) is 12.6 Å². The SMILES string of the molecule is CC1CCCC(C2CCC2CNC(C)C)C1. The van der Waals surface area contributed by atoms with E-state index in [1.807, 2.05) is 0 Å². The molecule has 4 unspecified atom stereocenters. The highest BCUT2D eigenvalue weighted by molar-refractivity contribution is 4.89. The van der Waals surface area contributed by atoms with Crippen molar-refractivity contribution in [2.45, 2.75) is 65.3 Å². The summed E-state index contributed by atoms with van der Waals surface area (Å²) in [5.41, 5.74) is 0. The van der Waals surface area contributed by atoms with Crippen LogP contribution in [0.5, 0.6) is 0 Å². The number of hydrogen-bond acceptors (Lipinski definition) is 1. The Balaban J connectivity index is 1.76. The summed E-state index contributed by atoms with van der Waals surface area (Å²) in [6.07, 6.45) is 9.01. The Hall–Kier alpha value is -0.0400. The zero-order chi connectivity index (χ0) is 11.5. The highest BCUT2D eigenvalue weighted by Gasteiger charge is 2.37. The molecule has 1 heteroatoms. The van der Waals surface area contributed by atoms with Crippen LogP contribution >= 0.6 is 0 Å². The third kappa shape index (κ3) is 3.00. The van der Waals surface area contributed by atoms with E-state index in [2.05, 4.69) is 26.1 Å². The Kier molecular flexibility index (Phi) is 4.29. The van der Waals surface area contributed by atoms with Crippen molar-refractivity contribution in [1.82, 2.24) is 5.32 Å². The van der Waals surface area contributed by atoms with Crippen LogP contribution in [0.15, 0.2) is 0 Å². The van der Waals surface area contributed by atoms with E-state index in [1.54, 1.807) is 0 Å². The number of nitrogens with one attached hydrogen (secondary N) is 1. The van der Waals surface area contributed by atoms with Crippen LogP contribution < -0.4 is 5.32 Å². The first-order valence-corrected chi connectivity index (χ1v) is 7.40. The molecule has 2 aliphatic carbocycles. The Labute approximate surface area is 101 Å². The van der Waals surface area contributed by atoms with Crippen molar-refractivity contribution in [3.8, 4) is 0 Å². The lowest BCUT2D eigenvalue weighted by molar-refractivity contribution is 0.0643. The van der Waals surface area contributed by atoms with E-state index >= 15 is 0 Å². The van der Waals surface area contributed by atoms with E-state index < -0.39 is 0 Å². The number of rotatable bonds is 4. The van der Waals surface area contributed by atoms with Crippen molar-refractivity contribution in [3.05, 3.63) is 0 Å². The third-order valence-corrected chi connectivity index (χ3v) is 4.85. The first-order valence-electron chi connectivity index (χ1n) is 7.40. The van der Waals surface area contributed by atoms with Gasteiger partial charge in [0.15, 0.2) is 0 Å². The molecule has 2 aliphatic rings. The van der Waals surface area contributed by atoms with Gasteiger partial charge in [0, 0.05) is 6.04 Å². The summed E-state index contributed by atoms with van der Waals surface area (Å²) in [5.74, 6) is 4.13. The highest BCUT2D eigenvalue weighted by atomic mass is 14.9. The van der Waals surface area contributed by atoms with E-state index in [1.165, 1.54) is 45.1 Å². The van der Waals surface area contributed by atoms with Crippen LogP contribution in [0.3, 0.4) is 0 Å². The largest absolute Gasteiger partial charge is 0.314 e. The molecule has 16 heavy (non-hydrogen) atoms. The molecule has 0 radical (unpaired) electrons. The maximum Gasteiger partial charge on any atom is 0.00104 e. The molecule has 0 aromatic heterocycles. The zero-order valence-corrected chi connectivity index (χ0v) is 11.3. The van der Waals surface area contributed by atoms with E-state index in [-0.39, 0.29) is 0 Å². The summed E-state index contributed by atoms with van der Waals surface area (Å²) in [5, 5.41) is 3.63. The smallest absolute Gasteiger partial charge is 0.00104 e. The molecule has 94 valence electrons. The van der Waals surface area contributed by atoms with E-state index in [4.69, 9.17) is 0 Å². The lowest BCUT2D eigenvalue weighted by atomic mass is 9.62. The fraction of sp³-hybridized carbons (Fsp3) is 1.00. The first-order chi connectivity index (χ1) is 7.66. The predicted molar refractivity (Wildman–Crippen MR) is 70.5 cm³/mol. The molecule has 2 rings (SSSR count). The van der Waals surface area contributed by atoms with Crippen molar-refractivity contribution >= 4 is 0 Å². The van der Waals surface area contributed by atoms with Crippen LogP contribution in [0.2, 0.25) is 0 Å². The van der Waals surface area contributed by atoms with Crippen LogP contribution in [0, 0.1) is 23.7 Å². The number of hydrogen-bond donors (Lipinski definition) is 1. The van der Waals surface area contributed by atoms with Gasteiger partial charge < -0.3 is 5.32 Å². The lowest BCUT2D eigenvalue weighted by Crippen LogP contribution is -2.42. The second kappa shape index (κ2) is 5.53. The maximum atomic E-state index is 3.63. The standard InChI is InChI=1S/C15H29N/c1-11(2)16-10-14-7-8-15(14)13-6-4-5-12(3)9-13/h11-16H,4-10H2,1-3H3. The van der Waals surface area contributed by atoms with Crippen LogP contribution in [-0.2, 0) is 0 Å². The van der Waals surface area contributed by atoms with Gasteiger partial charge in [0.05, 0.1) is 0 Å². The van der Waals surface area contributed by atoms with Gasteiger partial charge in [-0.05, 0) is 49.5 Å². The van der Waals surface area contributed by atoms with Gasteiger partial charge in [0.2, 0.25) is 0 Å². The Morgan fingerprint density at radius 3 is 2.50 bits per heavy atom. The molecule has 0 heterocycles. The monoisotopic (exact) mass is 223 g/mol. The summed E-state index contributed by atoms with van der Waals surface area (Å²) < 4.78 is 0. The Morgan fingerprint density at radius 2 is 1.94 bits per heavy atom. The fourth-order valence-electron chi connectivity index (χ4n) is 3.73. The summed E-state index contributed by atoms with van der Waals surface area (Å²) in [6, 6.07) is 0.659. The predicted octanol–water partition coefficient (Wildman–Crippen LogP) is 3.84. The summed E-state index contributed by atoms with van der Waals surface area (Å²) in [4.78, 5) is 0. The molecule has 0 spiro atoms. The molecule has 0 aromatic carbocycles. The van der Waals surface area contributed by atoms with Gasteiger partial charge in [-0.25, -0.2) is 0 Å². The van der Waals surface area contributed by atoms with Crippen molar-refractivity contribution < 1.29 is 0 Å². The van der Waals surface area contributed by atoms with Crippen molar-refractivity contribution in [2.24, 2.45) is 23.7 Å². The van der Waals surface area contributed by atoms with Crippen molar-refractivity contribution in [3.63, 3.8) is 0 Å². The summed E-state index contributed by atoms with van der Waals surface area (Å²) in [7, 11) is 0. The minimum atomic E-state index is 0.659. The molecule has 2 fully saturated rings. The molecule has 0 saturated heterocycles. The quantitative estimate of drug-likeness (QED) is 0.763. The second-order valence-electron chi connectivity index (χ2n) is 6.60. The van der Waals surface area contributed by atoms with Gasteiger partial charge in [-0.2, -0.15) is 0 Å². The Bertz CT molecular complexity index is 211. The summed E-state index contributed by atoms with van der Waals surface area (Å²) >= 11 is 0. The minimum Gasteiger partial charge on any atom is -0.314 e. The average molecular weight is 223 g/mol. The fourth-order valence-corrected chi connectivity index (χ4v) is 3.73. The van der Waals surface area contributed by atoms with Gasteiger partial charge in [0.25, 0.3) is 0 Å². The molecule has 2 saturated carbocycles. The van der Waals surface area contributed by atoms with Gasteiger partial charge in [-0.15, -0.1) is 0 Å². The first kappa shape index (κ1) is 12.4. The van der Waals surface area contributed by atoms with Crippen LogP contribution in [0.1, 0.15) is 59.3 Å². The van der Waals surface area contributed by atoms with Gasteiger partial charge in [0.1, 0.15) is 0 Å². The van der Waals surface area contributed by atoms with E-state index in [0.717, 1.165) is 23.7 Å². The molecular weight excluding hydrogens is 194 g/mol. The second-order valence-corrected chi connectivity index (χ2v) is 6.60. The van der Waals surface area contributed by atoms with Crippen LogP contribution in [0.25, 0.3) is 0 Å². The molecule has 0 bridgehead atoms. The maximum absolute atomic E-state index is 3.63. The zero-order valence-electron chi connectivity index (χ0n) is 11.3. The minimum absolute atomic E-state index is 0.659. The molecule has 1 N–H and O–H groups in total. The molecule has 0 aliphatic heterocycles. The lowest BCUT2D eigenvalue weighted by Gasteiger charge is -2.45. The Morgan fingerprint density at radius 1 is 1.12 bits per heavy atom. The third-order valence-electron chi connectivity index (χ3n) is 4.85. The summed E-state index contributed by atoms with van der Waals surface area (Å²) in [6.45, 7) is 8.24. The molecule has 4 atom stereocenters. The van der Waals surface area contributed by atoms with Crippen LogP contribution in [0.4, 0.5) is 0 Å². The van der Waals surface area contributed by atoms with Gasteiger partial charge in [-0.1, -0.05) is 40.0 Å².